The predicted octanol–water partition coefficient (Wildman–Crippen LogP) is 1.08. The van der Waals surface area contributed by atoms with E-state index in [0.717, 1.165) is 13.1 Å². The van der Waals surface area contributed by atoms with Gasteiger partial charge in [-0.25, -0.2) is 0 Å². The summed E-state index contributed by atoms with van der Waals surface area (Å²) >= 11 is 1.71. The summed E-state index contributed by atoms with van der Waals surface area (Å²) in [4.78, 5) is 0. The van der Waals surface area contributed by atoms with E-state index in [9.17, 15) is 0 Å². The van der Waals surface area contributed by atoms with Gasteiger partial charge in [-0.1, -0.05) is 0 Å². The molecule has 0 amide bonds. The van der Waals surface area contributed by atoms with Crippen molar-refractivity contribution in [3.63, 3.8) is 0 Å². The normalized spacial score (nSPS) is 16.4. The molecule has 0 aliphatic rings. The number of nitrogens with one attached hydrogen (secondary N) is 2. The van der Waals surface area contributed by atoms with E-state index in [2.05, 4.69) is 38.3 Å². The van der Waals surface area contributed by atoms with Crippen LogP contribution in [0.15, 0.2) is 0 Å². The van der Waals surface area contributed by atoms with Gasteiger partial charge < -0.3 is 15.7 Å². The summed E-state index contributed by atoms with van der Waals surface area (Å²) < 4.78 is 0. The Kier molecular flexibility index (Phi) is 7.61. The van der Waals surface area contributed by atoms with Gasteiger partial charge in [0, 0.05) is 29.9 Å². The Morgan fingerprint density at radius 2 is 1.87 bits per heavy atom. The molecule has 3 N–H and O–H groups in total. The number of aliphatic hydroxyl groups excluding tert-OH is 1. The van der Waals surface area contributed by atoms with Crippen molar-refractivity contribution in [2.45, 2.75) is 44.5 Å². The van der Waals surface area contributed by atoms with Crippen LogP contribution in [0.2, 0.25) is 0 Å². The van der Waals surface area contributed by atoms with E-state index in [1.807, 2.05) is 6.26 Å². The Morgan fingerprint density at radius 1 is 1.27 bits per heavy atom. The molecule has 0 bridgehead atoms. The average molecular weight is 234 g/mol. The van der Waals surface area contributed by atoms with Gasteiger partial charge in [-0.3, -0.25) is 0 Å². The molecule has 15 heavy (non-hydrogen) atoms. The van der Waals surface area contributed by atoms with Crippen LogP contribution in [0.3, 0.4) is 0 Å². The van der Waals surface area contributed by atoms with E-state index < -0.39 is 0 Å². The first kappa shape index (κ1) is 15.2. The Morgan fingerprint density at radius 3 is 2.27 bits per heavy atom. The molecule has 0 heterocycles. The average Bonchev–Trinajstić information content (AvgIpc) is 2.13. The summed E-state index contributed by atoms with van der Waals surface area (Å²) in [6.45, 7) is 10.7. The predicted molar refractivity (Wildman–Crippen MR) is 69.6 cm³/mol. The molecule has 4 heteroatoms. The van der Waals surface area contributed by atoms with E-state index in [1.165, 1.54) is 0 Å². The molecule has 0 spiro atoms. The minimum absolute atomic E-state index is 0.181. The zero-order chi connectivity index (χ0) is 11.9. The third-order valence-electron chi connectivity index (χ3n) is 2.29. The van der Waals surface area contributed by atoms with Gasteiger partial charge in [0.05, 0.1) is 6.61 Å². The minimum atomic E-state index is 0.181. The Balaban J connectivity index is 3.58. The van der Waals surface area contributed by atoms with Crippen molar-refractivity contribution in [1.29, 1.82) is 0 Å². The number of hydrogen-bond acceptors (Lipinski definition) is 4. The lowest BCUT2D eigenvalue weighted by molar-refractivity contribution is 0.275. The van der Waals surface area contributed by atoms with Crippen LogP contribution in [0.25, 0.3) is 0 Å². The monoisotopic (exact) mass is 234 g/mol. The molecule has 0 aliphatic carbocycles. The molecule has 0 fully saturated rings. The van der Waals surface area contributed by atoms with Crippen LogP contribution in [0.5, 0.6) is 0 Å². The quantitative estimate of drug-likeness (QED) is 0.577. The Hall–Kier alpha value is 0.230. The lowest BCUT2D eigenvalue weighted by Crippen LogP contribution is -2.44. The summed E-state index contributed by atoms with van der Waals surface area (Å²) in [5.74, 6) is 0. The number of hydrogen-bond donors (Lipinski definition) is 3. The maximum Gasteiger partial charge on any atom is 0.0564 e. The highest BCUT2D eigenvalue weighted by atomic mass is 32.2. The van der Waals surface area contributed by atoms with Gasteiger partial charge in [0.25, 0.3) is 0 Å². The number of thioether (sulfide) groups is 1. The Bertz CT molecular complexity index is 155. The third kappa shape index (κ3) is 8.08. The molecule has 2 atom stereocenters. The molecule has 0 aromatic carbocycles. The fourth-order valence-electron chi connectivity index (χ4n) is 1.31. The molecule has 3 nitrogen and oxygen atoms in total. The highest BCUT2D eigenvalue weighted by molar-refractivity contribution is 7.99. The van der Waals surface area contributed by atoms with Crippen LogP contribution >= 0.6 is 11.8 Å². The largest absolute Gasteiger partial charge is 0.395 e. The first-order valence-corrected chi connectivity index (χ1v) is 6.81. The van der Waals surface area contributed by atoms with Gasteiger partial charge in [0.2, 0.25) is 0 Å². The van der Waals surface area contributed by atoms with Crippen molar-refractivity contribution in [2.75, 3.05) is 26.0 Å². The SMILES string of the molecule is CSC(CO)C(C)NCCNC(C)(C)C. The van der Waals surface area contributed by atoms with Crippen molar-refractivity contribution in [2.24, 2.45) is 0 Å². The summed E-state index contributed by atoms with van der Waals surface area (Å²) in [7, 11) is 0. The first-order chi connectivity index (χ1) is 6.90. The van der Waals surface area contributed by atoms with Crippen molar-refractivity contribution >= 4 is 11.8 Å². The second-order valence-electron chi connectivity index (χ2n) is 4.88. The third-order valence-corrected chi connectivity index (χ3v) is 3.45. The Labute approximate surface area is 98.4 Å². The fourth-order valence-corrected chi connectivity index (χ4v) is 1.96. The van der Waals surface area contributed by atoms with E-state index in [0.29, 0.717) is 11.3 Å². The van der Waals surface area contributed by atoms with E-state index in [1.54, 1.807) is 11.8 Å². The summed E-state index contributed by atoms with van der Waals surface area (Å²) in [5, 5.41) is 16.2. The molecule has 0 radical (unpaired) electrons. The lowest BCUT2D eigenvalue weighted by Gasteiger charge is -2.24. The highest BCUT2D eigenvalue weighted by Crippen LogP contribution is 2.09. The molecule has 0 aromatic rings. The molecule has 0 saturated carbocycles. The molecule has 2 unspecified atom stereocenters. The molecular weight excluding hydrogens is 208 g/mol. The van der Waals surface area contributed by atoms with Crippen LogP contribution in [-0.2, 0) is 0 Å². The van der Waals surface area contributed by atoms with E-state index in [-0.39, 0.29) is 12.1 Å². The van der Waals surface area contributed by atoms with Crippen LogP contribution in [0.4, 0.5) is 0 Å². The van der Waals surface area contributed by atoms with E-state index in [4.69, 9.17) is 5.11 Å². The van der Waals surface area contributed by atoms with Gasteiger partial charge in [-0.05, 0) is 34.0 Å². The molecule has 0 aliphatic heterocycles. The summed E-state index contributed by atoms with van der Waals surface area (Å²) in [6.07, 6.45) is 2.03. The second kappa shape index (κ2) is 7.49. The number of aliphatic hydroxyl groups is 1. The number of rotatable bonds is 7. The fraction of sp³-hybridized carbons (Fsp3) is 1.00. The summed E-state index contributed by atoms with van der Waals surface area (Å²) in [6, 6.07) is 0.353. The van der Waals surface area contributed by atoms with Crippen LogP contribution in [0.1, 0.15) is 27.7 Å². The zero-order valence-corrected chi connectivity index (χ0v) is 11.4. The molecule has 0 rings (SSSR count). The summed E-state index contributed by atoms with van der Waals surface area (Å²) in [5.41, 5.74) is 0.181. The van der Waals surface area contributed by atoms with Crippen LogP contribution in [-0.4, -0.2) is 47.9 Å². The van der Waals surface area contributed by atoms with Gasteiger partial charge in [-0.15, -0.1) is 0 Å². The minimum Gasteiger partial charge on any atom is -0.395 e. The van der Waals surface area contributed by atoms with Crippen molar-refractivity contribution in [3.8, 4) is 0 Å². The lowest BCUT2D eigenvalue weighted by atomic mass is 10.1. The van der Waals surface area contributed by atoms with E-state index >= 15 is 0 Å². The zero-order valence-electron chi connectivity index (χ0n) is 10.6. The van der Waals surface area contributed by atoms with Crippen molar-refractivity contribution in [3.05, 3.63) is 0 Å². The molecular formula is C11H26N2OS. The highest BCUT2D eigenvalue weighted by Gasteiger charge is 2.14. The first-order valence-electron chi connectivity index (χ1n) is 5.52. The van der Waals surface area contributed by atoms with Crippen molar-refractivity contribution < 1.29 is 5.11 Å². The van der Waals surface area contributed by atoms with Crippen LogP contribution in [0, 0.1) is 0 Å². The topological polar surface area (TPSA) is 44.3 Å². The van der Waals surface area contributed by atoms with Gasteiger partial charge in [0.15, 0.2) is 0 Å². The standard InChI is InChI=1S/C11H26N2OS/c1-9(10(8-14)15-5)12-6-7-13-11(2,3)4/h9-10,12-14H,6-8H2,1-5H3. The smallest absolute Gasteiger partial charge is 0.0564 e. The van der Waals surface area contributed by atoms with Gasteiger partial charge in [-0.2, -0.15) is 11.8 Å². The van der Waals surface area contributed by atoms with Gasteiger partial charge >= 0.3 is 0 Å². The van der Waals surface area contributed by atoms with Gasteiger partial charge in [0.1, 0.15) is 0 Å². The maximum absolute atomic E-state index is 9.11. The van der Waals surface area contributed by atoms with Crippen molar-refractivity contribution in [1.82, 2.24) is 10.6 Å². The molecule has 0 saturated heterocycles. The maximum atomic E-state index is 9.11. The molecule has 92 valence electrons. The van der Waals surface area contributed by atoms with Crippen LogP contribution < -0.4 is 10.6 Å². The second-order valence-corrected chi connectivity index (χ2v) is 5.95. The molecule has 0 aromatic heterocycles.